The van der Waals surface area contributed by atoms with Crippen molar-refractivity contribution >= 4 is 73.4 Å². The molecule has 0 amide bonds. The minimum Gasteiger partial charge on any atom is -0.448 e. The Bertz CT molecular complexity index is 2130. The molecule has 61 heavy (non-hydrogen) atoms. The van der Waals surface area contributed by atoms with Gasteiger partial charge in [0.25, 0.3) is 0 Å². The maximum atomic E-state index is 5.78. The van der Waals surface area contributed by atoms with Crippen LogP contribution in [0, 0.1) is 0 Å². The van der Waals surface area contributed by atoms with E-state index in [1.54, 1.807) is 0 Å². The van der Waals surface area contributed by atoms with Crippen molar-refractivity contribution in [1.29, 1.82) is 0 Å². The molecule has 0 heterocycles. The third-order valence-corrected chi connectivity index (χ3v) is 23.2. The summed E-state index contributed by atoms with van der Waals surface area (Å²) in [7, 11) is -5.85. The molecule has 0 bridgehead atoms. The molecular formula is C54H50N2NiP4+2. The molecule has 0 unspecified atom stereocenters. The number of nitrogens with zero attached hydrogens (tertiary/aromatic N) is 2. The normalized spacial score (nSPS) is 11.2. The minimum atomic E-state index is -2.05. The fourth-order valence-corrected chi connectivity index (χ4v) is 20.8. The number of rotatable bonds is 16. The quantitative estimate of drug-likeness (QED) is 0.0525. The van der Waals surface area contributed by atoms with Crippen LogP contribution in [0.2, 0.25) is 0 Å². The minimum absolute atomic E-state index is 0. The van der Waals surface area contributed by atoms with Crippen LogP contribution in [-0.4, -0.2) is 12.3 Å². The number of hydrogen-bond acceptors (Lipinski definition) is 0. The van der Waals surface area contributed by atoms with Crippen molar-refractivity contribution in [3.8, 4) is 0 Å². The van der Waals surface area contributed by atoms with E-state index in [4.69, 9.17) is 9.72 Å². The van der Waals surface area contributed by atoms with Gasteiger partial charge >= 0.3 is 16.5 Å². The first-order valence-electron chi connectivity index (χ1n) is 20.1. The zero-order valence-electron chi connectivity index (χ0n) is 34.1. The molecule has 0 saturated carbocycles. The molecule has 0 saturated heterocycles. The van der Waals surface area contributed by atoms with Gasteiger partial charge in [-0.25, -0.2) is 0 Å². The summed E-state index contributed by atoms with van der Waals surface area (Å²) in [6, 6.07) is 86.0. The van der Waals surface area contributed by atoms with Crippen molar-refractivity contribution in [1.82, 2.24) is 0 Å². The Morgan fingerprint density at radius 1 is 0.311 bits per heavy atom. The van der Waals surface area contributed by atoms with Gasteiger partial charge < -0.3 is 9.72 Å². The van der Waals surface area contributed by atoms with Crippen LogP contribution in [0.4, 0.5) is 0 Å². The topological polar surface area (TPSA) is 28.2 Å². The van der Waals surface area contributed by atoms with E-state index in [0.717, 1.165) is 12.3 Å². The number of hydrogen-bond donors (Lipinski definition) is 0. The van der Waals surface area contributed by atoms with Crippen molar-refractivity contribution in [2.45, 2.75) is 0 Å². The van der Waals surface area contributed by atoms with Crippen molar-refractivity contribution in [3.63, 3.8) is 0 Å². The van der Waals surface area contributed by atoms with Gasteiger partial charge in [0.2, 0.25) is 0 Å². The maximum absolute atomic E-state index is 5.78. The molecule has 7 heteroatoms. The first-order chi connectivity index (χ1) is 29.7. The van der Waals surface area contributed by atoms with Crippen molar-refractivity contribution in [3.05, 3.63) is 278 Å². The van der Waals surface area contributed by atoms with E-state index in [1.165, 1.54) is 42.4 Å². The summed E-state index contributed by atoms with van der Waals surface area (Å²) in [6.07, 6.45) is 5.78. The molecule has 8 rings (SSSR count). The molecule has 0 spiro atoms. The standard InChI is InChI=1S/2C27H25NP2.Ni/c2*1-2-23-30(26-19-11-5-12-20-26,27-21-13-6-14-22-27)28-29(24-15-7-3-8-16-24)25-17-9-4-10-18-25;/h2*2-22H,1,23H2;/q;;+2. The van der Waals surface area contributed by atoms with E-state index in [2.05, 4.69) is 256 Å². The van der Waals surface area contributed by atoms with Crippen molar-refractivity contribution in [2.75, 3.05) is 12.3 Å². The van der Waals surface area contributed by atoms with E-state index in [-0.39, 0.29) is 16.5 Å². The SMILES string of the molecule is C=CC[P+]([N-]P(c1ccccc1)c1ccccc1)(c1ccccc1)c1ccccc1.C=CC[P+]([N-]P(c1ccccc1)c1ccccc1)(c1ccccc1)c1ccccc1.[Ni+2]. The first-order valence-corrected chi connectivity index (χ1v) is 26.6. The fourth-order valence-electron chi connectivity index (χ4n) is 7.16. The zero-order valence-corrected chi connectivity index (χ0v) is 38.6. The predicted octanol–water partition coefficient (Wildman–Crippen LogP) is 12.4. The van der Waals surface area contributed by atoms with Gasteiger partial charge in [-0.2, -0.15) is 0 Å². The van der Waals surface area contributed by atoms with Crippen molar-refractivity contribution in [2.24, 2.45) is 0 Å². The molecule has 0 aliphatic rings. The molecule has 2 nitrogen and oxygen atoms in total. The summed E-state index contributed by atoms with van der Waals surface area (Å²) in [5, 5.41) is 10.3. The number of allylic oxidation sites excluding steroid dienone is 2. The molecule has 8 aromatic rings. The average molecular weight is 910 g/mol. The second-order valence-corrected chi connectivity index (χ2v) is 24.6. The summed E-state index contributed by atoms with van der Waals surface area (Å²) in [4.78, 5) is 11.6. The zero-order chi connectivity index (χ0) is 41.3. The number of benzene rings is 8. The van der Waals surface area contributed by atoms with Crippen LogP contribution >= 0.6 is 31.0 Å². The molecule has 0 aliphatic carbocycles. The Morgan fingerprint density at radius 2 is 0.492 bits per heavy atom. The molecule has 304 valence electrons. The molecule has 0 aliphatic heterocycles. The van der Waals surface area contributed by atoms with Gasteiger partial charge in [-0.15, -0.1) is 16.1 Å². The molecular weight excluding hydrogens is 859 g/mol. The maximum Gasteiger partial charge on any atom is 2.00 e. The van der Waals surface area contributed by atoms with Gasteiger partial charge in [-0.3, -0.25) is 0 Å². The van der Waals surface area contributed by atoms with Gasteiger partial charge in [0.1, 0.15) is 0 Å². The fraction of sp³-hybridized carbons (Fsp3) is 0.0370. The van der Waals surface area contributed by atoms with Crippen LogP contribution < -0.4 is 42.4 Å². The van der Waals surface area contributed by atoms with Crippen LogP contribution in [0.1, 0.15) is 0 Å². The predicted molar refractivity (Wildman–Crippen MR) is 273 cm³/mol. The third kappa shape index (κ3) is 11.5. The van der Waals surface area contributed by atoms with Crippen LogP contribution in [0.3, 0.4) is 0 Å². The van der Waals surface area contributed by atoms with Crippen LogP contribution in [0.15, 0.2) is 268 Å². The Kier molecular flexibility index (Phi) is 17.7. The molecule has 0 atom stereocenters. The van der Waals surface area contributed by atoms with E-state index in [1.807, 2.05) is 12.2 Å². The summed E-state index contributed by atoms with van der Waals surface area (Å²) < 4.78 is 0. The summed E-state index contributed by atoms with van der Waals surface area (Å²) in [5.41, 5.74) is 0. The van der Waals surface area contributed by atoms with E-state index in [0.29, 0.717) is 0 Å². The van der Waals surface area contributed by atoms with E-state index >= 15 is 0 Å². The Balaban J connectivity index is 0.000000201. The van der Waals surface area contributed by atoms with Crippen LogP contribution in [0.25, 0.3) is 9.72 Å². The Labute approximate surface area is 377 Å². The summed E-state index contributed by atoms with van der Waals surface area (Å²) >= 11 is 0. The Morgan fingerprint density at radius 3 is 0.672 bits per heavy atom. The van der Waals surface area contributed by atoms with E-state index in [9.17, 15) is 0 Å². The summed E-state index contributed by atoms with van der Waals surface area (Å²) in [5.74, 6) is 0. The van der Waals surface area contributed by atoms with Gasteiger partial charge in [0.05, 0.1) is 33.5 Å². The van der Waals surface area contributed by atoms with Gasteiger partial charge in [-0.1, -0.05) is 219 Å². The van der Waals surface area contributed by atoms with Crippen molar-refractivity contribution < 1.29 is 16.5 Å². The largest absolute Gasteiger partial charge is 2.00 e. The second-order valence-electron chi connectivity index (χ2n) is 14.0. The second kappa shape index (κ2) is 23.6. The van der Waals surface area contributed by atoms with Gasteiger partial charge in [0, 0.05) is 14.8 Å². The third-order valence-electron chi connectivity index (χ3n) is 10.0. The molecule has 0 N–H and O–H groups in total. The van der Waals surface area contributed by atoms with Crippen LogP contribution in [-0.2, 0) is 16.5 Å². The molecule has 0 radical (unpaired) electrons. The van der Waals surface area contributed by atoms with Gasteiger partial charge in [0.15, 0.2) is 0 Å². The molecule has 8 aromatic carbocycles. The van der Waals surface area contributed by atoms with Crippen LogP contribution in [0.5, 0.6) is 0 Å². The molecule has 0 fully saturated rings. The summed E-state index contributed by atoms with van der Waals surface area (Å²) in [6.45, 7) is 8.25. The monoisotopic (exact) mass is 908 g/mol. The molecule has 0 aromatic heterocycles. The van der Waals surface area contributed by atoms with E-state index < -0.39 is 31.0 Å². The Hall–Kier alpha value is -4.63. The van der Waals surface area contributed by atoms with Gasteiger partial charge in [-0.05, 0) is 69.7 Å². The first kappa shape index (κ1) is 45.9. The smallest absolute Gasteiger partial charge is 0.448 e. The average Bonchev–Trinajstić information content (AvgIpc) is 3.34.